The molecule has 0 aliphatic carbocycles. The molecule has 0 bridgehead atoms. The van der Waals surface area contributed by atoms with Crippen molar-refractivity contribution < 1.29 is 19.0 Å². The van der Waals surface area contributed by atoms with E-state index in [9.17, 15) is 9.50 Å². The highest BCUT2D eigenvalue weighted by atomic mass is 35.5. The second kappa shape index (κ2) is 12.2. The van der Waals surface area contributed by atoms with E-state index in [4.69, 9.17) is 32.7 Å². The Morgan fingerprint density at radius 1 is 1.23 bits per heavy atom. The smallest absolute Gasteiger partial charge is 0.142 e. The fraction of sp³-hybridized carbons (Fsp3) is 0.455. The van der Waals surface area contributed by atoms with Crippen LogP contribution in [0.25, 0.3) is 0 Å². The van der Waals surface area contributed by atoms with Gasteiger partial charge in [-0.05, 0) is 24.1 Å². The SMILES string of the molecule is CCC(OCC(O)CN1CCOC(c2cc(F)c(Cl)cc2Cl)C1)c1ccccc1.Cl. The van der Waals surface area contributed by atoms with Gasteiger partial charge in [0.15, 0.2) is 0 Å². The van der Waals surface area contributed by atoms with Gasteiger partial charge in [-0.3, -0.25) is 4.90 Å². The molecule has 1 fully saturated rings. The van der Waals surface area contributed by atoms with Gasteiger partial charge in [0.05, 0.1) is 36.5 Å². The standard InChI is InChI=1S/C22H26Cl2FNO3.ClH/c1-2-21(15-6-4-3-5-7-15)29-14-16(27)12-26-8-9-28-22(13-26)17-10-20(25)19(24)11-18(17)23;/h3-7,10-11,16,21-22,27H,2,8-9,12-14H2,1H3;1H. The summed E-state index contributed by atoms with van der Waals surface area (Å²) in [6, 6.07) is 12.7. The molecule has 2 aromatic carbocycles. The molecule has 166 valence electrons. The van der Waals surface area contributed by atoms with Crippen LogP contribution in [0.1, 0.15) is 36.7 Å². The zero-order valence-electron chi connectivity index (χ0n) is 16.8. The van der Waals surface area contributed by atoms with E-state index in [-0.39, 0.29) is 36.2 Å². The van der Waals surface area contributed by atoms with Gasteiger partial charge in [-0.1, -0.05) is 60.5 Å². The molecule has 1 saturated heterocycles. The number of hydrogen-bond donors (Lipinski definition) is 1. The predicted molar refractivity (Wildman–Crippen MR) is 120 cm³/mol. The second-order valence-electron chi connectivity index (χ2n) is 7.20. The Balaban J connectivity index is 0.00000320. The molecule has 3 unspecified atom stereocenters. The molecule has 1 N–H and O–H groups in total. The van der Waals surface area contributed by atoms with Gasteiger partial charge in [0.1, 0.15) is 5.82 Å². The Hall–Kier alpha value is -0.920. The van der Waals surface area contributed by atoms with Gasteiger partial charge in [0.2, 0.25) is 0 Å². The average Bonchev–Trinajstić information content (AvgIpc) is 2.72. The summed E-state index contributed by atoms with van der Waals surface area (Å²) in [5.41, 5.74) is 1.67. The van der Waals surface area contributed by atoms with Crippen molar-refractivity contribution in [1.29, 1.82) is 0 Å². The number of morpholine rings is 1. The Morgan fingerprint density at radius 2 is 1.97 bits per heavy atom. The van der Waals surface area contributed by atoms with Gasteiger partial charge in [0.25, 0.3) is 0 Å². The molecule has 2 aromatic rings. The van der Waals surface area contributed by atoms with Crippen molar-refractivity contribution in [2.24, 2.45) is 0 Å². The van der Waals surface area contributed by atoms with E-state index in [2.05, 4.69) is 11.8 Å². The number of halogens is 4. The first-order valence-electron chi connectivity index (χ1n) is 9.81. The van der Waals surface area contributed by atoms with Gasteiger partial charge in [-0.15, -0.1) is 12.4 Å². The minimum absolute atomic E-state index is 0. The monoisotopic (exact) mass is 477 g/mol. The van der Waals surface area contributed by atoms with Gasteiger partial charge >= 0.3 is 0 Å². The highest BCUT2D eigenvalue weighted by Gasteiger charge is 2.26. The van der Waals surface area contributed by atoms with Crippen molar-refractivity contribution in [3.05, 3.63) is 69.5 Å². The summed E-state index contributed by atoms with van der Waals surface area (Å²) in [5.74, 6) is -0.522. The molecule has 1 aliphatic heterocycles. The van der Waals surface area contributed by atoms with Crippen molar-refractivity contribution in [1.82, 2.24) is 4.90 Å². The van der Waals surface area contributed by atoms with Crippen LogP contribution in [0, 0.1) is 5.82 Å². The molecule has 1 heterocycles. The van der Waals surface area contributed by atoms with Crippen LogP contribution in [0.4, 0.5) is 4.39 Å². The summed E-state index contributed by atoms with van der Waals surface area (Å²) in [7, 11) is 0. The molecular weight excluding hydrogens is 452 g/mol. The number of nitrogens with zero attached hydrogens (tertiary/aromatic N) is 1. The van der Waals surface area contributed by atoms with Gasteiger partial charge in [-0.25, -0.2) is 4.39 Å². The highest BCUT2D eigenvalue weighted by molar-refractivity contribution is 6.35. The molecule has 1 aliphatic rings. The zero-order valence-corrected chi connectivity index (χ0v) is 19.1. The van der Waals surface area contributed by atoms with E-state index in [1.54, 1.807) is 0 Å². The largest absolute Gasteiger partial charge is 0.389 e. The minimum Gasteiger partial charge on any atom is -0.389 e. The molecule has 3 atom stereocenters. The first kappa shape index (κ1) is 25.3. The van der Waals surface area contributed by atoms with Gasteiger partial charge < -0.3 is 14.6 Å². The third-order valence-electron chi connectivity index (χ3n) is 5.04. The van der Waals surface area contributed by atoms with E-state index < -0.39 is 11.9 Å². The van der Waals surface area contributed by atoms with E-state index >= 15 is 0 Å². The lowest BCUT2D eigenvalue weighted by atomic mass is 10.1. The van der Waals surface area contributed by atoms with Crippen molar-refractivity contribution in [3.8, 4) is 0 Å². The van der Waals surface area contributed by atoms with Crippen LogP contribution < -0.4 is 0 Å². The number of β-amino-alcohol motifs (C(OH)–C–C–N with tert-alkyl or cyclic N) is 1. The summed E-state index contributed by atoms with van der Waals surface area (Å²) >= 11 is 12.0. The number of ether oxygens (including phenoxy) is 2. The lowest BCUT2D eigenvalue weighted by Gasteiger charge is -2.34. The third-order valence-corrected chi connectivity index (χ3v) is 5.65. The summed E-state index contributed by atoms with van der Waals surface area (Å²) < 4.78 is 25.6. The van der Waals surface area contributed by atoms with Crippen LogP contribution in [0.2, 0.25) is 10.0 Å². The van der Waals surface area contributed by atoms with Crippen molar-refractivity contribution in [2.75, 3.05) is 32.8 Å². The minimum atomic E-state index is -0.635. The predicted octanol–water partition coefficient (Wildman–Crippen LogP) is 5.46. The lowest BCUT2D eigenvalue weighted by molar-refractivity contribution is -0.0616. The number of benzene rings is 2. The summed E-state index contributed by atoms with van der Waals surface area (Å²) in [6.45, 7) is 4.40. The van der Waals surface area contributed by atoms with Crippen molar-refractivity contribution in [3.63, 3.8) is 0 Å². The first-order chi connectivity index (χ1) is 14.0. The molecule has 8 heteroatoms. The maximum atomic E-state index is 13.9. The molecule has 0 radical (unpaired) electrons. The molecule has 3 rings (SSSR count). The van der Waals surface area contributed by atoms with Crippen LogP contribution >= 0.6 is 35.6 Å². The normalized spacial score (nSPS) is 19.2. The maximum absolute atomic E-state index is 13.9. The summed E-state index contributed by atoms with van der Waals surface area (Å²) in [4.78, 5) is 2.08. The Morgan fingerprint density at radius 3 is 2.67 bits per heavy atom. The Labute approximate surface area is 193 Å². The molecule has 30 heavy (non-hydrogen) atoms. The molecule has 0 amide bonds. The molecule has 4 nitrogen and oxygen atoms in total. The molecular formula is C22H27Cl3FNO3. The quantitative estimate of drug-likeness (QED) is 0.512. The number of aliphatic hydroxyl groups is 1. The molecule has 0 spiro atoms. The van der Waals surface area contributed by atoms with E-state index in [0.717, 1.165) is 12.0 Å². The Bertz CT molecular complexity index is 797. The zero-order chi connectivity index (χ0) is 20.8. The van der Waals surface area contributed by atoms with Crippen molar-refractivity contribution in [2.45, 2.75) is 31.7 Å². The molecule has 0 saturated carbocycles. The number of hydrogen-bond acceptors (Lipinski definition) is 4. The molecule has 0 aromatic heterocycles. The van der Waals surface area contributed by atoms with Crippen molar-refractivity contribution >= 4 is 35.6 Å². The van der Waals surface area contributed by atoms with Gasteiger partial charge in [-0.2, -0.15) is 0 Å². The van der Waals surface area contributed by atoms with Gasteiger partial charge in [0, 0.05) is 30.2 Å². The average molecular weight is 479 g/mol. The van der Waals surface area contributed by atoms with E-state index in [1.165, 1.54) is 12.1 Å². The Kier molecular flexibility index (Phi) is 10.3. The fourth-order valence-corrected chi connectivity index (χ4v) is 4.04. The van der Waals surface area contributed by atoms with Crippen LogP contribution in [-0.4, -0.2) is 49.0 Å². The van der Waals surface area contributed by atoms with Crippen LogP contribution in [0.3, 0.4) is 0 Å². The lowest BCUT2D eigenvalue weighted by Crippen LogP contribution is -2.43. The topological polar surface area (TPSA) is 41.9 Å². The maximum Gasteiger partial charge on any atom is 0.142 e. The first-order valence-corrected chi connectivity index (χ1v) is 10.6. The van der Waals surface area contributed by atoms with Crippen LogP contribution in [0.15, 0.2) is 42.5 Å². The van der Waals surface area contributed by atoms with E-state index in [1.807, 2.05) is 30.3 Å². The fourth-order valence-electron chi connectivity index (χ4n) is 3.54. The third kappa shape index (κ3) is 6.79. The van der Waals surface area contributed by atoms with E-state index in [0.29, 0.717) is 36.8 Å². The van der Waals surface area contributed by atoms with Crippen LogP contribution in [-0.2, 0) is 9.47 Å². The summed E-state index contributed by atoms with van der Waals surface area (Å²) in [5, 5.41) is 10.8. The highest BCUT2D eigenvalue weighted by Crippen LogP contribution is 2.32. The second-order valence-corrected chi connectivity index (χ2v) is 8.02. The number of aliphatic hydroxyl groups excluding tert-OH is 1. The summed E-state index contributed by atoms with van der Waals surface area (Å²) in [6.07, 6.45) is -0.219. The number of rotatable bonds is 8. The van der Waals surface area contributed by atoms with Crippen LogP contribution in [0.5, 0.6) is 0 Å².